The van der Waals surface area contributed by atoms with Crippen molar-refractivity contribution in [2.75, 3.05) is 0 Å². The molecule has 0 fully saturated rings. The van der Waals surface area contributed by atoms with Crippen LogP contribution < -0.4 is 0 Å². The fraction of sp³-hybridized carbons (Fsp3) is 1.00. The van der Waals surface area contributed by atoms with E-state index in [1.54, 1.807) is 0 Å². The van der Waals surface area contributed by atoms with Crippen LogP contribution >= 0.6 is 15.9 Å². The molecule has 16 heavy (non-hydrogen) atoms. The zero-order valence-electron chi connectivity index (χ0n) is 6.74. The summed E-state index contributed by atoms with van der Waals surface area (Å²) in [5, 5.41) is 1.22. The van der Waals surface area contributed by atoms with Crippen molar-refractivity contribution in [3.8, 4) is 0 Å². The van der Waals surface area contributed by atoms with E-state index >= 15 is 0 Å². The Kier molecular flexibility index (Phi) is 3.72. The summed E-state index contributed by atoms with van der Waals surface area (Å²) in [5.74, 6) is 0. The predicted octanol–water partition coefficient (Wildman–Crippen LogP) is 4.15. The standard InChI is InChI=1S/C4BrF8N3/c5-1(2(6,7)8,3(9,10)11)4(12,13)15-16-14. The van der Waals surface area contributed by atoms with Gasteiger partial charge in [-0.05, 0) is 10.6 Å². The molecule has 12 heteroatoms. The maximum Gasteiger partial charge on any atom is 0.418 e. The highest BCUT2D eigenvalue weighted by molar-refractivity contribution is 9.10. The first-order valence-corrected chi connectivity index (χ1v) is 3.87. The first kappa shape index (κ1) is 15.2. The molecule has 0 saturated heterocycles. The number of nitrogens with zero attached hydrogens (tertiary/aromatic N) is 3. The molecule has 0 bridgehead atoms. The van der Waals surface area contributed by atoms with E-state index in [0.717, 1.165) is 15.9 Å². The average Bonchev–Trinajstić information content (AvgIpc) is 1.98. The summed E-state index contributed by atoms with van der Waals surface area (Å²) in [6.07, 6.45) is -12.8. The largest absolute Gasteiger partial charge is 0.418 e. The van der Waals surface area contributed by atoms with Crippen LogP contribution in [0.4, 0.5) is 35.1 Å². The summed E-state index contributed by atoms with van der Waals surface area (Å²) in [4.78, 5) is 1.25. The molecular formula is C4BrF8N3. The van der Waals surface area contributed by atoms with Crippen LogP contribution in [0.25, 0.3) is 10.4 Å². The molecule has 0 radical (unpaired) electrons. The second-order valence-electron chi connectivity index (χ2n) is 2.38. The molecule has 0 aromatic rings. The SMILES string of the molecule is [N-]=[N+]=NC(F)(F)C(Br)(C(F)(F)F)C(F)(F)F. The van der Waals surface area contributed by atoms with E-state index in [1.807, 2.05) is 0 Å². The molecule has 0 spiro atoms. The lowest BCUT2D eigenvalue weighted by atomic mass is 10.1. The molecule has 94 valence electrons. The maximum atomic E-state index is 12.6. The van der Waals surface area contributed by atoms with Gasteiger partial charge in [0.1, 0.15) is 0 Å². The summed E-state index contributed by atoms with van der Waals surface area (Å²) in [6.45, 7) is 0. The van der Waals surface area contributed by atoms with E-state index < -0.39 is 22.7 Å². The summed E-state index contributed by atoms with van der Waals surface area (Å²) in [5.41, 5.74) is 7.52. The molecule has 0 amide bonds. The Morgan fingerprint density at radius 1 is 0.875 bits per heavy atom. The fourth-order valence-electron chi connectivity index (χ4n) is 0.627. The third-order valence-corrected chi connectivity index (χ3v) is 2.74. The molecule has 0 aromatic carbocycles. The van der Waals surface area contributed by atoms with Crippen molar-refractivity contribution < 1.29 is 35.1 Å². The second-order valence-corrected chi connectivity index (χ2v) is 3.57. The first-order valence-electron chi connectivity index (χ1n) is 3.07. The lowest BCUT2D eigenvalue weighted by Crippen LogP contribution is -2.62. The molecule has 0 saturated carbocycles. The van der Waals surface area contributed by atoms with Gasteiger partial charge in [-0.1, -0.05) is 15.9 Å². The highest BCUT2D eigenvalue weighted by Crippen LogP contribution is 2.57. The maximum absolute atomic E-state index is 12.6. The highest BCUT2D eigenvalue weighted by atomic mass is 79.9. The topological polar surface area (TPSA) is 48.8 Å². The third-order valence-electron chi connectivity index (χ3n) is 1.37. The van der Waals surface area contributed by atoms with E-state index in [-0.39, 0.29) is 0 Å². The lowest BCUT2D eigenvalue weighted by molar-refractivity contribution is -0.311. The van der Waals surface area contributed by atoms with Crippen molar-refractivity contribution in [2.45, 2.75) is 22.7 Å². The van der Waals surface area contributed by atoms with Gasteiger partial charge >= 0.3 is 18.4 Å². The van der Waals surface area contributed by atoms with E-state index in [0.29, 0.717) is 0 Å². The number of alkyl halides is 9. The molecule has 0 atom stereocenters. The van der Waals surface area contributed by atoms with Crippen LogP contribution in [-0.2, 0) is 0 Å². The Morgan fingerprint density at radius 3 is 1.38 bits per heavy atom. The first-order chi connectivity index (χ1) is 6.81. The third kappa shape index (κ3) is 2.17. The Bertz CT molecular complexity index is 298. The van der Waals surface area contributed by atoms with Gasteiger partial charge in [-0.15, -0.1) is 0 Å². The van der Waals surface area contributed by atoms with Crippen molar-refractivity contribution >= 4 is 15.9 Å². The van der Waals surface area contributed by atoms with Gasteiger partial charge in [-0.3, -0.25) is 0 Å². The minimum absolute atomic E-state index is 0.884. The summed E-state index contributed by atoms with van der Waals surface area (Å²) < 4.78 is 91.4. The van der Waals surface area contributed by atoms with Gasteiger partial charge in [0.15, 0.2) is 0 Å². The zero-order valence-corrected chi connectivity index (χ0v) is 8.33. The van der Waals surface area contributed by atoms with Crippen LogP contribution in [0, 0.1) is 0 Å². The summed E-state index contributed by atoms with van der Waals surface area (Å²) in [6, 6.07) is -5.75. The number of hydrogen-bond acceptors (Lipinski definition) is 1. The van der Waals surface area contributed by atoms with Crippen LogP contribution in [0.5, 0.6) is 0 Å². The summed E-state index contributed by atoms with van der Waals surface area (Å²) in [7, 11) is 0. The molecule has 0 aromatic heterocycles. The number of halogens is 9. The van der Waals surface area contributed by atoms with E-state index in [4.69, 9.17) is 5.53 Å². The van der Waals surface area contributed by atoms with E-state index in [9.17, 15) is 35.1 Å². The minimum atomic E-state index is -6.40. The zero-order chi connectivity index (χ0) is 13.4. The Labute approximate surface area is 90.2 Å². The van der Waals surface area contributed by atoms with Gasteiger partial charge in [0.2, 0.25) is 0 Å². The molecule has 0 heterocycles. The highest BCUT2D eigenvalue weighted by Gasteiger charge is 2.81. The van der Waals surface area contributed by atoms with Gasteiger partial charge in [0.05, 0.1) is 0 Å². The molecule has 0 N–H and O–H groups in total. The normalized spacial score (nSPS) is 14.6. The minimum Gasteiger partial charge on any atom is -0.198 e. The van der Waals surface area contributed by atoms with E-state index in [2.05, 4.69) is 0 Å². The van der Waals surface area contributed by atoms with Crippen LogP contribution in [0.15, 0.2) is 5.11 Å². The number of rotatable bonds is 2. The van der Waals surface area contributed by atoms with Gasteiger partial charge in [0, 0.05) is 4.91 Å². The molecule has 0 rings (SSSR count). The molecule has 0 aliphatic rings. The molecule has 3 nitrogen and oxygen atoms in total. The van der Waals surface area contributed by atoms with Gasteiger partial charge in [-0.25, -0.2) is 0 Å². The summed E-state index contributed by atoms with van der Waals surface area (Å²) >= 11 is 0.884. The Morgan fingerprint density at radius 2 is 1.19 bits per heavy atom. The molecule has 0 unspecified atom stereocenters. The fourth-order valence-corrected chi connectivity index (χ4v) is 0.706. The van der Waals surface area contributed by atoms with Crippen LogP contribution in [0.3, 0.4) is 0 Å². The van der Waals surface area contributed by atoms with Crippen molar-refractivity contribution in [2.24, 2.45) is 5.11 Å². The second kappa shape index (κ2) is 3.91. The van der Waals surface area contributed by atoms with Crippen molar-refractivity contribution in [3.05, 3.63) is 10.4 Å². The van der Waals surface area contributed by atoms with Crippen molar-refractivity contribution in [3.63, 3.8) is 0 Å². The number of azide groups is 1. The Hall–Kier alpha value is -0.770. The van der Waals surface area contributed by atoms with Crippen LogP contribution in [-0.4, -0.2) is 22.7 Å². The molecule has 0 aliphatic carbocycles. The van der Waals surface area contributed by atoms with Crippen LogP contribution in [0.2, 0.25) is 0 Å². The van der Waals surface area contributed by atoms with Crippen molar-refractivity contribution in [1.82, 2.24) is 0 Å². The number of hydrogen-bond donors (Lipinski definition) is 0. The average molecular weight is 322 g/mol. The van der Waals surface area contributed by atoms with Crippen molar-refractivity contribution in [1.29, 1.82) is 0 Å². The molecule has 0 aliphatic heterocycles. The Balaban J connectivity index is 5.90. The predicted molar refractivity (Wildman–Crippen MR) is 37.9 cm³/mol. The molecular weight excluding hydrogens is 322 g/mol. The quantitative estimate of drug-likeness (QED) is 0.183. The lowest BCUT2D eigenvalue weighted by Gasteiger charge is -2.35. The van der Waals surface area contributed by atoms with Gasteiger partial charge in [-0.2, -0.15) is 35.1 Å². The van der Waals surface area contributed by atoms with Gasteiger partial charge < -0.3 is 0 Å². The smallest absolute Gasteiger partial charge is 0.198 e. The van der Waals surface area contributed by atoms with Gasteiger partial charge in [0.25, 0.3) is 4.32 Å². The van der Waals surface area contributed by atoms with E-state index in [1.165, 1.54) is 10.0 Å². The monoisotopic (exact) mass is 321 g/mol. The van der Waals surface area contributed by atoms with Crippen LogP contribution in [0.1, 0.15) is 0 Å².